The van der Waals surface area contributed by atoms with Crippen molar-refractivity contribution in [1.82, 2.24) is 9.80 Å². The summed E-state index contributed by atoms with van der Waals surface area (Å²) in [7, 11) is 0. The van der Waals surface area contributed by atoms with Gasteiger partial charge < -0.3 is 14.4 Å². The molecule has 2 atom stereocenters. The number of carbonyl (C=O) groups excluding carboxylic acids is 2. The van der Waals surface area contributed by atoms with Gasteiger partial charge in [-0.2, -0.15) is 0 Å². The third kappa shape index (κ3) is 6.71. The predicted molar refractivity (Wildman–Crippen MR) is 110 cm³/mol. The summed E-state index contributed by atoms with van der Waals surface area (Å²) < 4.78 is 11.1. The standard InChI is InChI=1S/C21H33N3O4/c1-15-13-23(14-16(2)24(15)17(3)25)11-12-27-19-9-7-18(8-10-19)22-20(26)28-21(4,5)6/h7-10,15-16H,11-14H2,1-6H3,(H,22,26)/t15-,16+. The van der Waals surface area contributed by atoms with E-state index < -0.39 is 11.7 Å². The van der Waals surface area contributed by atoms with Crippen LogP contribution in [-0.4, -0.2) is 65.7 Å². The van der Waals surface area contributed by atoms with Crippen molar-refractivity contribution in [1.29, 1.82) is 0 Å². The van der Waals surface area contributed by atoms with Gasteiger partial charge in [-0.05, 0) is 58.9 Å². The number of rotatable bonds is 5. The number of hydrogen-bond acceptors (Lipinski definition) is 5. The first-order chi connectivity index (χ1) is 13.0. The zero-order chi connectivity index (χ0) is 20.9. The van der Waals surface area contributed by atoms with Crippen LogP contribution in [0.2, 0.25) is 0 Å². The minimum atomic E-state index is -0.530. The molecule has 7 nitrogen and oxygen atoms in total. The molecule has 2 amide bonds. The fraction of sp³-hybridized carbons (Fsp3) is 0.619. The fourth-order valence-electron chi connectivity index (χ4n) is 3.58. The molecule has 0 aromatic heterocycles. The lowest BCUT2D eigenvalue weighted by Gasteiger charge is -2.44. The Morgan fingerprint density at radius 3 is 2.18 bits per heavy atom. The fourth-order valence-corrected chi connectivity index (χ4v) is 3.58. The highest BCUT2D eigenvalue weighted by molar-refractivity contribution is 5.84. The Bertz CT molecular complexity index is 657. The van der Waals surface area contributed by atoms with Crippen LogP contribution >= 0.6 is 0 Å². The second-order valence-electron chi connectivity index (χ2n) is 8.38. The van der Waals surface area contributed by atoms with Crippen molar-refractivity contribution in [3.05, 3.63) is 24.3 Å². The second kappa shape index (κ2) is 9.28. The van der Waals surface area contributed by atoms with Crippen molar-refractivity contribution >= 4 is 17.7 Å². The Balaban J connectivity index is 1.76. The number of anilines is 1. The van der Waals surface area contributed by atoms with E-state index in [0.717, 1.165) is 25.4 Å². The van der Waals surface area contributed by atoms with E-state index >= 15 is 0 Å². The van der Waals surface area contributed by atoms with Crippen molar-refractivity contribution < 1.29 is 19.1 Å². The molecule has 1 aromatic rings. The first-order valence-electron chi connectivity index (χ1n) is 9.79. The lowest BCUT2D eigenvalue weighted by Crippen LogP contribution is -2.58. The lowest BCUT2D eigenvalue weighted by atomic mass is 10.1. The van der Waals surface area contributed by atoms with Gasteiger partial charge in [-0.1, -0.05) is 0 Å². The molecule has 1 aliphatic heterocycles. The Labute approximate surface area is 168 Å². The molecule has 1 N–H and O–H groups in total. The molecule has 0 radical (unpaired) electrons. The monoisotopic (exact) mass is 391 g/mol. The van der Waals surface area contributed by atoms with E-state index in [1.807, 2.05) is 37.8 Å². The van der Waals surface area contributed by atoms with Crippen LogP contribution in [0.1, 0.15) is 41.5 Å². The van der Waals surface area contributed by atoms with Crippen LogP contribution < -0.4 is 10.1 Å². The van der Waals surface area contributed by atoms with Crippen LogP contribution in [0, 0.1) is 0 Å². The van der Waals surface area contributed by atoms with Gasteiger partial charge in [-0.15, -0.1) is 0 Å². The molecule has 1 fully saturated rings. The van der Waals surface area contributed by atoms with Gasteiger partial charge in [0.2, 0.25) is 5.91 Å². The van der Waals surface area contributed by atoms with E-state index in [0.29, 0.717) is 12.3 Å². The Morgan fingerprint density at radius 2 is 1.68 bits per heavy atom. The lowest BCUT2D eigenvalue weighted by molar-refractivity contribution is -0.136. The first-order valence-corrected chi connectivity index (χ1v) is 9.79. The average molecular weight is 392 g/mol. The third-order valence-electron chi connectivity index (χ3n) is 4.53. The van der Waals surface area contributed by atoms with Gasteiger partial charge in [0.1, 0.15) is 18.0 Å². The maximum atomic E-state index is 11.8. The predicted octanol–water partition coefficient (Wildman–Crippen LogP) is 3.35. The van der Waals surface area contributed by atoms with Gasteiger partial charge in [0.05, 0.1) is 0 Å². The largest absolute Gasteiger partial charge is 0.492 e. The first kappa shape index (κ1) is 22.0. The number of carbonyl (C=O) groups is 2. The van der Waals surface area contributed by atoms with Crippen molar-refractivity contribution in [2.45, 2.75) is 59.2 Å². The van der Waals surface area contributed by atoms with Crippen LogP contribution in [-0.2, 0) is 9.53 Å². The quantitative estimate of drug-likeness (QED) is 0.833. The number of piperazine rings is 1. The molecule has 1 aliphatic rings. The maximum absolute atomic E-state index is 11.8. The Kier molecular flexibility index (Phi) is 7.29. The van der Waals surface area contributed by atoms with E-state index in [2.05, 4.69) is 24.1 Å². The zero-order valence-electron chi connectivity index (χ0n) is 17.8. The van der Waals surface area contributed by atoms with Gasteiger partial charge in [0.25, 0.3) is 0 Å². The minimum absolute atomic E-state index is 0.135. The summed E-state index contributed by atoms with van der Waals surface area (Å²) in [4.78, 5) is 27.8. The van der Waals surface area contributed by atoms with Gasteiger partial charge >= 0.3 is 6.09 Å². The number of benzene rings is 1. The van der Waals surface area contributed by atoms with E-state index in [-0.39, 0.29) is 18.0 Å². The summed E-state index contributed by atoms with van der Waals surface area (Å²) >= 11 is 0. The summed E-state index contributed by atoms with van der Waals surface area (Å²) in [5, 5.41) is 2.70. The van der Waals surface area contributed by atoms with E-state index in [1.54, 1.807) is 19.1 Å². The number of nitrogens with one attached hydrogen (secondary N) is 1. The van der Waals surface area contributed by atoms with Crippen LogP contribution in [0.5, 0.6) is 5.75 Å². The van der Waals surface area contributed by atoms with E-state index in [4.69, 9.17) is 9.47 Å². The molecular formula is C21H33N3O4. The van der Waals surface area contributed by atoms with E-state index in [9.17, 15) is 9.59 Å². The van der Waals surface area contributed by atoms with Crippen molar-refractivity contribution in [2.24, 2.45) is 0 Å². The average Bonchev–Trinajstić information content (AvgIpc) is 2.53. The van der Waals surface area contributed by atoms with Gasteiger partial charge in [-0.25, -0.2) is 4.79 Å². The highest BCUT2D eigenvalue weighted by Gasteiger charge is 2.30. The summed E-state index contributed by atoms with van der Waals surface area (Å²) in [6.07, 6.45) is -0.478. The molecule has 1 aromatic carbocycles. The number of hydrogen-bond donors (Lipinski definition) is 1. The molecule has 0 bridgehead atoms. The summed E-state index contributed by atoms with van der Waals surface area (Å²) in [6, 6.07) is 7.64. The summed E-state index contributed by atoms with van der Waals surface area (Å²) in [6.45, 7) is 14.4. The number of nitrogens with zero attached hydrogens (tertiary/aromatic N) is 2. The van der Waals surface area contributed by atoms with Crippen LogP contribution in [0.3, 0.4) is 0 Å². The molecule has 7 heteroatoms. The number of ether oxygens (including phenoxy) is 2. The van der Waals surface area contributed by atoms with Gasteiger partial charge in [0, 0.05) is 44.3 Å². The van der Waals surface area contributed by atoms with Crippen molar-refractivity contribution in [3.8, 4) is 5.75 Å². The topological polar surface area (TPSA) is 71.1 Å². The van der Waals surface area contributed by atoms with Crippen molar-refractivity contribution in [3.63, 3.8) is 0 Å². The zero-order valence-corrected chi connectivity index (χ0v) is 17.8. The molecule has 0 spiro atoms. The maximum Gasteiger partial charge on any atom is 0.412 e. The van der Waals surface area contributed by atoms with Crippen LogP contribution in [0.15, 0.2) is 24.3 Å². The smallest absolute Gasteiger partial charge is 0.412 e. The normalized spacial score (nSPS) is 20.6. The highest BCUT2D eigenvalue weighted by atomic mass is 16.6. The minimum Gasteiger partial charge on any atom is -0.492 e. The van der Waals surface area contributed by atoms with Crippen LogP contribution in [0.25, 0.3) is 0 Å². The molecule has 1 saturated heterocycles. The molecule has 1 heterocycles. The molecule has 0 unspecified atom stereocenters. The van der Waals surface area contributed by atoms with Crippen LogP contribution in [0.4, 0.5) is 10.5 Å². The Morgan fingerprint density at radius 1 is 1.11 bits per heavy atom. The third-order valence-corrected chi connectivity index (χ3v) is 4.53. The SMILES string of the molecule is CC(=O)N1[C@H](C)CN(CCOc2ccc(NC(=O)OC(C)(C)C)cc2)C[C@@H]1C. The molecule has 156 valence electrons. The summed E-state index contributed by atoms with van der Waals surface area (Å²) in [5.41, 5.74) is 0.127. The molecule has 0 aliphatic carbocycles. The summed E-state index contributed by atoms with van der Waals surface area (Å²) in [5.74, 6) is 0.884. The second-order valence-corrected chi connectivity index (χ2v) is 8.38. The van der Waals surface area contributed by atoms with Gasteiger partial charge in [0.15, 0.2) is 0 Å². The molecule has 0 saturated carbocycles. The van der Waals surface area contributed by atoms with Gasteiger partial charge in [-0.3, -0.25) is 15.0 Å². The Hall–Kier alpha value is -2.28. The number of amides is 2. The van der Waals surface area contributed by atoms with E-state index in [1.165, 1.54) is 0 Å². The molecular weight excluding hydrogens is 358 g/mol. The van der Waals surface area contributed by atoms with Crippen molar-refractivity contribution in [2.75, 3.05) is 31.6 Å². The molecule has 2 rings (SSSR count). The molecule has 28 heavy (non-hydrogen) atoms. The highest BCUT2D eigenvalue weighted by Crippen LogP contribution is 2.18.